The minimum atomic E-state index is -3.60. The van der Waals surface area contributed by atoms with Gasteiger partial charge < -0.3 is 19.5 Å². The van der Waals surface area contributed by atoms with Crippen LogP contribution in [0, 0.1) is 0 Å². The van der Waals surface area contributed by atoms with Crippen LogP contribution in [0.4, 0.5) is 5.95 Å². The van der Waals surface area contributed by atoms with Crippen LogP contribution in [0.2, 0.25) is 0 Å². The molecule has 4 heterocycles. The molecule has 2 saturated heterocycles. The number of hydrogen-bond acceptors (Lipinski definition) is 9. The van der Waals surface area contributed by atoms with E-state index in [-0.39, 0.29) is 29.1 Å². The monoisotopic (exact) mass is 474 g/mol. The third-order valence-electron chi connectivity index (χ3n) is 5.48. The molecule has 2 aromatic heterocycles. The molecule has 0 amide bonds. The van der Waals surface area contributed by atoms with Crippen LogP contribution in [0.1, 0.15) is 0 Å². The molecule has 1 aromatic carbocycles. The Hall–Kier alpha value is -2.57. The number of fused-ring (bicyclic) bond motifs is 1. The summed E-state index contributed by atoms with van der Waals surface area (Å²) in [5.41, 5.74) is 1.71. The van der Waals surface area contributed by atoms with Gasteiger partial charge in [0.1, 0.15) is 22.2 Å². The fraction of sp³-hybridized carbons (Fsp3) is 0.333. The average molecular weight is 475 g/mol. The normalized spacial score (nSPS) is 24.9. The Balaban J connectivity index is 1.26. The van der Waals surface area contributed by atoms with Gasteiger partial charge in [0.25, 0.3) is 0 Å². The zero-order valence-corrected chi connectivity index (χ0v) is 18.8. The first-order valence-corrected chi connectivity index (χ1v) is 12.4. The quantitative estimate of drug-likeness (QED) is 0.536. The Morgan fingerprint density at radius 1 is 1.06 bits per heavy atom. The maximum Gasteiger partial charge on any atom is 0.250 e. The van der Waals surface area contributed by atoms with Crippen molar-refractivity contribution in [2.24, 2.45) is 0 Å². The van der Waals surface area contributed by atoms with Crippen LogP contribution < -0.4 is 14.8 Å². The maximum absolute atomic E-state index is 12.6. The largest absolute Gasteiger partial charge is 0.497 e. The highest BCUT2D eigenvalue weighted by atomic mass is 32.2. The van der Waals surface area contributed by atoms with Crippen molar-refractivity contribution in [3.8, 4) is 17.0 Å². The molecule has 4 atom stereocenters. The number of ether oxygens (including phenoxy) is 3. The number of rotatable bonds is 7. The second kappa shape index (κ2) is 8.75. The van der Waals surface area contributed by atoms with Gasteiger partial charge in [-0.2, -0.15) is 0 Å². The first-order valence-electron chi connectivity index (χ1n) is 10.1. The number of benzene rings is 1. The minimum absolute atomic E-state index is 0.192. The predicted octanol–water partition coefficient (Wildman–Crippen LogP) is 2.14. The standard InChI is InChI=1S/C21H22N4O5S2/c1-28-14-6-4-13(5-7-14)15-8-9-22-21(23-15)24-16-11-29-20-17(12-30-19(16)20)25-32(26,27)18-3-2-10-31-18/h2-10,16-17,19-20,25H,11-12H2,1H3,(H,22,23,24)/t16-,17+,19-,20+/m1/s1. The smallest absolute Gasteiger partial charge is 0.250 e. The number of aromatic nitrogens is 2. The van der Waals surface area contributed by atoms with Crippen LogP contribution in [-0.2, 0) is 19.5 Å². The molecule has 0 bridgehead atoms. The topological polar surface area (TPSA) is 112 Å². The number of nitrogens with one attached hydrogen (secondary N) is 2. The molecule has 9 nitrogen and oxygen atoms in total. The lowest BCUT2D eigenvalue weighted by Crippen LogP contribution is -2.44. The molecule has 0 unspecified atom stereocenters. The third kappa shape index (κ3) is 4.21. The summed E-state index contributed by atoms with van der Waals surface area (Å²) in [5.74, 6) is 1.23. The summed E-state index contributed by atoms with van der Waals surface area (Å²) in [6.07, 6.45) is 1.00. The SMILES string of the molecule is COc1ccc(-c2ccnc(N[C@@H]3CO[C@@H]4[C@@H]3OC[C@@H]4NS(=O)(=O)c3cccs3)n2)cc1. The summed E-state index contributed by atoms with van der Waals surface area (Å²) in [5, 5.41) is 5.01. The van der Waals surface area contributed by atoms with Crippen molar-refractivity contribution in [1.29, 1.82) is 0 Å². The van der Waals surface area contributed by atoms with Gasteiger partial charge in [-0.15, -0.1) is 11.3 Å². The van der Waals surface area contributed by atoms with E-state index in [1.807, 2.05) is 30.3 Å². The number of nitrogens with zero attached hydrogens (tertiary/aromatic N) is 2. The molecule has 2 aliphatic rings. The van der Waals surface area contributed by atoms with E-state index in [2.05, 4.69) is 20.0 Å². The molecule has 2 N–H and O–H groups in total. The van der Waals surface area contributed by atoms with E-state index in [4.69, 9.17) is 14.2 Å². The Bertz CT molecular complexity index is 1170. The van der Waals surface area contributed by atoms with Gasteiger partial charge in [-0.25, -0.2) is 23.1 Å². The molecular formula is C21H22N4O5S2. The molecular weight excluding hydrogens is 452 g/mol. The Kier molecular flexibility index (Phi) is 5.82. The highest BCUT2D eigenvalue weighted by Crippen LogP contribution is 2.30. The van der Waals surface area contributed by atoms with E-state index < -0.39 is 16.1 Å². The van der Waals surface area contributed by atoms with Gasteiger partial charge in [0.15, 0.2) is 0 Å². The van der Waals surface area contributed by atoms with E-state index in [1.165, 1.54) is 11.3 Å². The van der Waals surface area contributed by atoms with E-state index >= 15 is 0 Å². The van der Waals surface area contributed by atoms with Gasteiger partial charge >= 0.3 is 0 Å². The molecule has 0 radical (unpaired) electrons. The van der Waals surface area contributed by atoms with Gasteiger partial charge in [-0.05, 0) is 41.8 Å². The summed E-state index contributed by atoms with van der Waals surface area (Å²) in [7, 11) is -1.98. The Morgan fingerprint density at radius 3 is 2.53 bits per heavy atom. The van der Waals surface area contributed by atoms with Crippen molar-refractivity contribution in [3.05, 3.63) is 54.0 Å². The molecule has 0 aliphatic carbocycles. The number of methoxy groups -OCH3 is 1. The average Bonchev–Trinajstić information content (AvgIpc) is 3.55. The molecule has 32 heavy (non-hydrogen) atoms. The van der Waals surface area contributed by atoms with Crippen LogP contribution in [0.3, 0.4) is 0 Å². The number of sulfonamides is 1. The lowest BCUT2D eigenvalue weighted by Gasteiger charge is -2.18. The van der Waals surface area contributed by atoms with Crippen molar-refractivity contribution < 1.29 is 22.6 Å². The van der Waals surface area contributed by atoms with Crippen molar-refractivity contribution in [3.63, 3.8) is 0 Å². The van der Waals surface area contributed by atoms with Crippen LogP contribution in [0.15, 0.2) is 58.3 Å². The molecule has 2 fully saturated rings. The van der Waals surface area contributed by atoms with Gasteiger partial charge in [0, 0.05) is 11.8 Å². The lowest BCUT2D eigenvalue weighted by molar-refractivity contribution is 0.0690. The van der Waals surface area contributed by atoms with Gasteiger partial charge in [0.05, 0.1) is 38.1 Å². The maximum atomic E-state index is 12.6. The number of anilines is 1. The molecule has 11 heteroatoms. The first kappa shape index (κ1) is 21.3. The molecule has 0 spiro atoms. The zero-order chi connectivity index (χ0) is 22.1. The summed E-state index contributed by atoms with van der Waals surface area (Å²) in [4.78, 5) is 8.92. The van der Waals surface area contributed by atoms with E-state index in [0.717, 1.165) is 17.0 Å². The van der Waals surface area contributed by atoms with Crippen LogP contribution in [-0.4, -0.2) is 63.0 Å². The van der Waals surface area contributed by atoms with E-state index in [1.54, 1.807) is 30.8 Å². The van der Waals surface area contributed by atoms with Gasteiger partial charge in [0.2, 0.25) is 16.0 Å². The summed E-state index contributed by atoms with van der Waals surface area (Å²) in [6, 6.07) is 12.1. The zero-order valence-electron chi connectivity index (χ0n) is 17.2. The third-order valence-corrected chi connectivity index (χ3v) is 8.36. The van der Waals surface area contributed by atoms with Crippen molar-refractivity contribution in [2.75, 3.05) is 25.6 Å². The molecule has 168 valence electrons. The highest BCUT2D eigenvalue weighted by molar-refractivity contribution is 7.91. The predicted molar refractivity (Wildman–Crippen MR) is 119 cm³/mol. The molecule has 5 rings (SSSR count). The minimum Gasteiger partial charge on any atom is -0.497 e. The van der Waals surface area contributed by atoms with E-state index in [0.29, 0.717) is 12.6 Å². The summed E-state index contributed by atoms with van der Waals surface area (Å²) >= 11 is 1.17. The summed E-state index contributed by atoms with van der Waals surface area (Å²) in [6.45, 7) is 0.605. The molecule has 0 saturated carbocycles. The molecule has 2 aliphatic heterocycles. The van der Waals surface area contributed by atoms with Crippen molar-refractivity contribution in [2.45, 2.75) is 28.5 Å². The van der Waals surface area contributed by atoms with Crippen molar-refractivity contribution in [1.82, 2.24) is 14.7 Å². The van der Waals surface area contributed by atoms with Crippen LogP contribution in [0.25, 0.3) is 11.3 Å². The number of thiophene rings is 1. The summed E-state index contributed by atoms with van der Waals surface area (Å²) < 4.78 is 45.1. The van der Waals surface area contributed by atoms with E-state index in [9.17, 15) is 8.42 Å². The first-order chi connectivity index (χ1) is 15.5. The second-order valence-electron chi connectivity index (χ2n) is 7.50. The Labute approximate surface area is 189 Å². The van der Waals surface area contributed by atoms with Gasteiger partial charge in [-0.1, -0.05) is 6.07 Å². The fourth-order valence-corrected chi connectivity index (χ4v) is 6.16. The number of hydrogen-bond donors (Lipinski definition) is 2. The lowest BCUT2D eigenvalue weighted by atomic mass is 10.1. The fourth-order valence-electron chi connectivity index (χ4n) is 3.91. The second-order valence-corrected chi connectivity index (χ2v) is 10.4. The highest BCUT2D eigenvalue weighted by Gasteiger charge is 2.49. The van der Waals surface area contributed by atoms with Crippen LogP contribution >= 0.6 is 11.3 Å². The van der Waals surface area contributed by atoms with Crippen LogP contribution in [0.5, 0.6) is 5.75 Å². The van der Waals surface area contributed by atoms with Crippen molar-refractivity contribution >= 4 is 27.3 Å². The molecule has 3 aromatic rings. The van der Waals surface area contributed by atoms with Gasteiger partial charge in [-0.3, -0.25) is 0 Å². The Morgan fingerprint density at radius 2 is 1.81 bits per heavy atom.